The lowest BCUT2D eigenvalue weighted by molar-refractivity contribution is 0.0694. The van der Waals surface area contributed by atoms with Crippen LogP contribution < -0.4 is 5.32 Å². The number of rotatable bonds is 7. The van der Waals surface area contributed by atoms with Crippen LogP contribution in [0, 0.1) is 0 Å². The minimum absolute atomic E-state index is 0.387. The quantitative estimate of drug-likeness (QED) is 0.749. The van der Waals surface area contributed by atoms with Crippen LogP contribution in [0.3, 0.4) is 0 Å². The largest absolute Gasteiger partial charge is 0.478 e. The van der Waals surface area contributed by atoms with E-state index in [2.05, 4.69) is 12.2 Å². The Kier molecular flexibility index (Phi) is 6.43. The van der Waals surface area contributed by atoms with E-state index in [4.69, 9.17) is 0 Å². The van der Waals surface area contributed by atoms with Crippen LogP contribution in [-0.4, -0.2) is 34.9 Å². The summed E-state index contributed by atoms with van der Waals surface area (Å²) < 4.78 is 0. The van der Waals surface area contributed by atoms with E-state index in [-0.39, 0.29) is 0 Å². The van der Waals surface area contributed by atoms with Gasteiger partial charge in [-0.2, -0.15) is 11.8 Å². The van der Waals surface area contributed by atoms with Crippen LogP contribution in [0.2, 0.25) is 0 Å². The Labute approximate surface area is 117 Å². The van der Waals surface area contributed by atoms with Crippen molar-refractivity contribution < 1.29 is 9.90 Å². The van der Waals surface area contributed by atoms with Gasteiger partial charge in [-0.05, 0) is 24.1 Å². The highest BCUT2D eigenvalue weighted by Gasteiger charge is 2.15. The van der Waals surface area contributed by atoms with E-state index in [0.717, 1.165) is 17.2 Å². The Bertz CT molecular complexity index is 410. The summed E-state index contributed by atoms with van der Waals surface area (Å²) in [4.78, 5) is 12.2. The van der Waals surface area contributed by atoms with Gasteiger partial charge in [0, 0.05) is 22.4 Å². The first-order valence-corrected chi connectivity index (χ1v) is 8.13. The fraction of sp³-hybridized carbons (Fsp3) is 0.462. The Hall–Kier alpha value is -0.810. The summed E-state index contributed by atoms with van der Waals surface area (Å²) in [6, 6.07) is 5.59. The molecule has 1 rings (SSSR count). The molecule has 0 saturated carbocycles. The summed E-state index contributed by atoms with van der Waals surface area (Å²) in [5.41, 5.74) is 1.10. The van der Waals surface area contributed by atoms with Gasteiger partial charge in [0.15, 0.2) is 0 Å². The fourth-order valence-electron chi connectivity index (χ4n) is 1.51. The summed E-state index contributed by atoms with van der Waals surface area (Å²) in [5.74, 6) is -0.00356. The third kappa shape index (κ3) is 4.14. The van der Waals surface area contributed by atoms with Gasteiger partial charge in [-0.15, -0.1) is 11.8 Å². The molecule has 0 aliphatic rings. The lowest BCUT2D eigenvalue weighted by atomic mass is 10.1. The molecule has 0 amide bonds. The zero-order valence-corrected chi connectivity index (χ0v) is 12.5. The molecule has 1 unspecified atom stereocenters. The van der Waals surface area contributed by atoms with Gasteiger partial charge >= 0.3 is 5.97 Å². The van der Waals surface area contributed by atoms with E-state index in [1.807, 2.05) is 31.4 Å². The van der Waals surface area contributed by atoms with Gasteiger partial charge in [-0.25, -0.2) is 4.79 Å². The van der Waals surface area contributed by atoms with Crippen molar-refractivity contribution in [3.05, 3.63) is 23.8 Å². The van der Waals surface area contributed by atoms with Gasteiger partial charge in [0.05, 0.1) is 5.56 Å². The van der Waals surface area contributed by atoms with Crippen molar-refractivity contribution in [1.82, 2.24) is 0 Å². The molecule has 2 N–H and O–H groups in total. The molecule has 0 aliphatic carbocycles. The number of aromatic carboxylic acids is 1. The van der Waals surface area contributed by atoms with Gasteiger partial charge in [0.1, 0.15) is 0 Å². The van der Waals surface area contributed by atoms with Crippen LogP contribution in [0.15, 0.2) is 23.1 Å². The highest BCUT2D eigenvalue weighted by Crippen LogP contribution is 2.28. The Morgan fingerprint density at radius 3 is 2.78 bits per heavy atom. The summed E-state index contributed by atoms with van der Waals surface area (Å²) in [6.07, 6.45) is 2.05. The predicted octanol–water partition coefficient (Wildman–Crippen LogP) is 3.66. The smallest absolute Gasteiger partial charge is 0.338 e. The minimum Gasteiger partial charge on any atom is -0.478 e. The number of hydrogen-bond donors (Lipinski definition) is 2. The number of carboxylic acid groups (broad SMARTS) is 1. The summed E-state index contributed by atoms with van der Waals surface area (Å²) in [6.45, 7) is 4.90. The second-order valence-corrected chi connectivity index (χ2v) is 6.43. The summed E-state index contributed by atoms with van der Waals surface area (Å²) in [7, 11) is 0. The third-order valence-corrected chi connectivity index (χ3v) is 4.43. The summed E-state index contributed by atoms with van der Waals surface area (Å²) in [5, 5.41) is 13.0. The third-order valence-electron chi connectivity index (χ3n) is 2.52. The average Bonchev–Trinajstić information content (AvgIpc) is 2.36. The first-order valence-electron chi connectivity index (χ1n) is 5.85. The molecule has 0 spiro atoms. The lowest BCUT2D eigenvalue weighted by Gasteiger charge is -2.15. The van der Waals surface area contributed by atoms with E-state index in [1.165, 1.54) is 0 Å². The molecule has 18 heavy (non-hydrogen) atoms. The van der Waals surface area contributed by atoms with Crippen molar-refractivity contribution >= 4 is 35.2 Å². The zero-order valence-electron chi connectivity index (χ0n) is 10.9. The van der Waals surface area contributed by atoms with Gasteiger partial charge < -0.3 is 10.4 Å². The molecule has 100 valence electrons. The minimum atomic E-state index is -0.870. The first kappa shape index (κ1) is 15.2. The van der Waals surface area contributed by atoms with Crippen molar-refractivity contribution in [1.29, 1.82) is 0 Å². The Morgan fingerprint density at radius 1 is 1.50 bits per heavy atom. The van der Waals surface area contributed by atoms with Crippen molar-refractivity contribution in [2.45, 2.75) is 24.0 Å². The standard InChI is InChI=1S/C13H19NO2S2/c1-4-18-11-7-5-6-10(12(11)13(15)16)14-8-9(2)17-3/h5-7,9,14H,4,8H2,1-3H3,(H,15,16). The molecule has 0 aliphatic heterocycles. The fourth-order valence-corrected chi connectivity index (χ4v) is 2.59. The van der Waals surface area contributed by atoms with Crippen LogP contribution in [0.1, 0.15) is 24.2 Å². The maximum Gasteiger partial charge on any atom is 0.338 e. The maximum atomic E-state index is 11.4. The van der Waals surface area contributed by atoms with E-state index >= 15 is 0 Å². The van der Waals surface area contributed by atoms with Crippen LogP contribution in [0.25, 0.3) is 0 Å². The highest BCUT2D eigenvalue weighted by molar-refractivity contribution is 7.99. The van der Waals surface area contributed by atoms with Crippen LogP contribution in [0.4, 0.5) is 5.69 Å². The van der Waals surface area contributed by atoms with E-state index in [9.17, 15) is 9.90 Å². The molecule has 3 nitrogen and oxygen atoms in total. The molecule has 0 radical (unpaired) electrons. The van der Waals surface area contributed by atoms with Crippen molar-refractivity contribution in [3.63, 3.8) is 0 Å². The van der Waals surface area contributed by atoms with Gasteiger partial charge in [-0.1, -0.05) is 19.9 Å². The molecule has 0 bridgehead atoms. The van der Waals surface area contributed by atoms with E-state index < -0.39 is 5.97 Å². The second kappa shape index (κ2) is 7.59. The number of hydrogen-bond acceptors (Lipinski definition) is 4. The first-order chi connectivity index (χ1) is 8.60. The van der Waals surface area contributed by atoms with Gasteiger partial charge in [-0.3, -0.25) is 0 Å². The van der Waals surface area contributed by atoms with Crippen LogP contribution in [0.5, 0.6) is 0 Å². The highest BCUT2D eigenvalue weighted by atomic mass is 32.2. The molecule has 5 heteroatoms. The average molecular weight is 285 g/mol. The number of carbonyl (C=O) groups is 1. The molecule has 1 aromatic rings. The molecule has 0 aromatic heterocycles. The number of anilines is 1. The van der Waals surface area contributed by atoms with Gasteiger partial charge in [0.2, 0.25) is 0 Å². The lowest BCUT2D eigenvalue weighted by Crippen LogP contribution is -2.15. The molecule has 0 heterocycles. The predicted molar refractivity (Wildman–Crippen MR) is 81.3 cm³/mol. The topological polar surface area (TPSA) is 49.3 Å². The van der Waals surface area contributed by atoms with Crippen LogP contribution >= 0.6 is 23.5 Å². The summed E-state index contributed by atoms with van der Waals surface area (Å²) >= 11 is 3.32. The zero-order chi connectivity index (χ0) is 13.5. The Balaban J connectivity index is 2.95. The number of thioether (sulfide) groups is 2. The molecule has 0 saturated heterocycles. The van der Waals surface area contributed by atoms with E-state index in [1.54, 1.807) is 23.5 Å². The normalized spacial score (nSPS) is 12.2. The Morgan fingerprint density at radius 2 is 2.22 bits per heavy atom. The molecule has 0 fully saturated rings. The second-order valence-electron chi connectivity index (χ2n) is 3.84. The van der Waals surface area contributed by atoms with Crippen molar-refractivity contribution in [3.8, 4) is 0 Å². The molecule has 1 atom stereocenters. The number of carboxylic acids is 1. The molecular weight excluding hydrogens is 266 g/mol. The SMILES string of the molecule is CCSc1cccc(NCC(C)SC)c1C(=O)O. The number of benzene rings is 1. The van der Waals surface area contributed by atoms with Gasteiger partial charge in [0.25, 0.3) is 0 Å². The number of nitrogens with one attached hydrogen (secondary N) is 1. The van der Waals surface area contributed by atoms with Crippen LogP contribution in [-0.2, 0) is 0 Å². The monoisotopic (exact) mass is 285 g/mol. The molecular formula is C13H19NO2S2. The maximum absolute atomic E-state index is 11.4. The molecule has 1 aromatic carbocycles. The van der Waals surface area contributed by atoms with Crippen molar-refractivity contribution in [2.75, 3.05) is 23.9 Å². The van der Waals surface area contributed by atoms with Crippen molar-refractivity contribution in [2.24, 2.45) is 0 Å². The van der Waals surface area contributed by atoms with E-state index in [0.29, 0.717) is 16.5 Å².